The van der Waals surface area contributed by atoms with E-state index in [0.29, 0.717) is 0 Å². The molecule has 1 aromatic carbocycles. The van der Waals surface area contributed by atoms with Gasteiger partial charge in [-0.05, 0) is 18.2 Å². The SMILES string of the molecule is COc1ccc(C(=O)O)cc1S(=O)(=O)Nc1cn[nH]c1. The summed E-state index contributed by atoms with van der Waals surface area (Å²) < 4.78 is 31.7. The number of methoxy groups -OCH3 is 1. The largest absolute Gasteiger partial charge is 0.495 e. The first-order chi connectivity index (χ1) is 9.44. The van der Waals surface area contributed by atoms with Crippen molar-refractivity contribution in [2.75, 3.05) is 11.8 Å². The molecule has 0 bridgehead atoms. The van der Waals surface area contributed by atoms with Crippen LogP contribution < -0.4 is 9.46 Å². The minimum atomic E-state index is -3.98. The lowest BCUT2D eigenvalue weighted by Crippen LogP contribution is -2.14. The number of nitrogens with zero attached hydrogens (tertiary/aromatic N) is 1. The van der Waals surface area contributed by atoms with Crippen molar-refractivity contribution in [2.45, 2.75) is 4.90 Å². The molecule has 9 heteroatoms. The number of aromatic amines is 1. The Hall–Kier alpha value is -2.55. The van der Waals surface area contributed by atoms with Crippen molar-refractivity contribution in [3.8, 4) is 5.75 Å². The van der Waals surface area contributed by atoms with Crippen LogP contribution in [-0.2, 0) is 10.0 Å². The predicted octanol–water partition coefficient (Wildman–Crippen LogP) is 0.917. The van der Waals surface area contributed by atoms with Crippen LogP contribution in [0.4, 0.5) is 5.69 Å². The van der Waals surface area contributed by atoms with Crippen molar-refractivity contribution in [1.82, 2.24) is 10.2 Å². The molecule has 0 atom stereocenters. The third-order valence-electron chi connectivity index (χ3n) is 2.45. The van der Waals surface area contributed by atoms with Gasteiger partial charge in [0.1, 0.15) is 10.6 Å². The van der Waals surface area contributed by atoms with Crippen LogP contribution >= 0.6 is 0 Å². The van der Waals surface area contributed by atoms with Crippen molar-refractivity contribution in [3.63, 3.8) is 0 Å². The first-order valence-electron chi connectivity index (χ1n) is 5.37. The Balaban J connectivity index is 2.48. The van der Waals surface area contributed by atoms with Gasteiger partial charge in [0.2, 0.25) is 0 Å². The Morgan fingerprint density at radius 3 is 2.75 bits per heavy atom. The average Bonchev–Trinajstić information content (AvgIpc) is 2.90. The molecule has 0 saturated carbocycles. The third-order valence-corrected chi connectivity index (χ3v) is 3.85. The number of hydrogen-bond donors (Lipinski definition) is 3. The Bertz CT molecular complexity index is 725. The van der Waals surface area contributed by atoms with Crippen molar-refractivity contribution in [1.29, 1.82) is 0 Å². The summed E-state index contributed by atoms with van der Waals surface area (Å²) in [5.74, 6) is -1.18. The number of carbonyl (C=O) groups is 1. The summed E-state index contributed by atoms with van der Waals surface area (Å²) in [5, 5.41) is 15.0. The minimum Gasteiger partial charge on any atom is -0.495 e. The Morgan fingerprint density at radius 2 is 2.20 bits per heavy atom. The van der Waals surface area contributed by atoms with Gasteiger partial charge in [0.05, 0.1) is 24.6 Å². The average molecular weight is 297 g/mol. The first kappa shape index (κ1) is 13.9. The van der Waals surface area contributed by atoms with Gasteiger partial charge in [-0.3, -0.25) is 9.82 Å². The van der Waals surface area contributed by atoms with E-state index in [9.17, 15) is 13.2 Å². The number of carboxylic acids is 1. The number of H-pyrrole nitrogens is 1. The molecular weight excluding hydrogens is 286 g/mol. The summed E-state index contributed by atoms with van der Waals surface area (Å²) in [6.45, 7) is 0. The van der Waals surface area contributed by atoms with Gasteiger partial charge in [-0.15, -0.1) is 0 Å². The van der Waals surface area contributed by atoms with Crippen molar-refractivity contribution >= 4 is 21.7 Å². The molecule has 0 amide bonds. The number of sulfonamides is 1. The second kappa shape index (κ2) is 5.21. The molecule has 0 radical (unpaired) electrons. The van der Waals surface area contributed by atoms with E-state index in [-0.39, 0.29) is 21.9 Å². The fourth-order valence-corrected chi connectivity index (χ4v) is 2.77. The highest BCUT2D eigenvalue weighted by Crippen LogP contribution is 2.26. The standard InChI is InChI=1S/C11H11N3O5S/c1-19-9-3-2-7(11(15)16)4-10(9)20(17,18)14-8-5-12-13-6-8/h2-6,14H,1H3,(H,12,13)(H,15,16). The molecule has 0 saturated heterocycles. The van der Waals surface area contributed by atoms with E-state index >= 15 is 0 Å². The van der Waals surface area contributed by atoms with Crippen molar-refractivity contribution in [3.05, 3.63) is 36.2 Å². The quantitative estimate of drug-likeness (QED) is 0.754. The molecule has 2 rings (SSSR count). The molecule has 106 valence electrons. The van der Waals surface area contributed by atoms with Crippen molar-refractivity contribution < 1.29 is 23.1 Å². The summed E-state index contributed by atoms with van der Waals surface area (Å²) in [6.07, 6.45) is 2.64. The van der Waals surface area contributed by atoms with E-state index in [1.165, 1.54) is 31.6 Å². The highest BCUT2D eigenvalue weighted by Gasteiger charge is 2.22. The van der Waals surface area contributed by atoms with Gasteiger partial charge in [-0.2, -0.15) is 5.10 Å². The van der Waals surface area contributed by atoms with Gasteiger partial charge in [0, 0.05) is 6.20 Å². The molecule has 0 spiro atoms. The molecular formula is C11H11N3O5S. The number of ether oxygens (including phenoxy) is 1. The second-order valence-corrected chi connectivity index (χ2v) is 5.41. The zero-order chi connectivity index (χ0) is 14.8. The molecule has 3 N–H and O–H groups in total. The van der Waals surface area contributed by atoms with Crippen LogP contribution in [0.25, 0.3) is 0 Å². The van der Waals surface area contributed by atoms with Crippen LogP contribution in [0, 0.1) is 0 Å². The van der Waals surface area contributed by atoms with Crippen LogP contribution in [-0.4, -0.2) is 36.8 Å². The van der Waals surface area contributed by atoms with Crippen LogP contribution in [0.3, 0.4) is 0 Å². The first-order valence-corrected chi connectivity index (χ1v) is 6.85. The van der Waals surface area contributed by atoms with Gasteiger partial charge in [-0.1, -0.05) is 0 Å². The van der Waals surface area contributed by atoms with Gasteiger partial charge in [0.15, 0.2) is 0 Å². The third kappa shape index (κ3) is 2.72. The summed E-state index contributed by atoms with van der Waals surface area (Å²) >= 11 is 0. The van der Waals surface area contributed by atoms with E-state index in [2.05, 4.69) is 14.9 Å². The molecule has 0 fully saturated rings. The number of benzene rings is 1. The topological polar surface area (TPSA) is 121 Å². The molecule has 0 aliphatic rings. The normalized spacial score (nSPS) is 11.1. The fraction of sp³-hybridized carbons (Fsp3) is 0.0909. The second-order valence-electron chi connectivity index (χ2n) is 3.76. The molecule has 20 heavy (non-hydrogen) atoms. The summed E-state index contributed by atoms with van der Waals surface area (Å²) in [7, 11) is -2.68. The van der Waals surface area contributed by atoms with Gasteiger partial charge in [0.25, 0.3) is 10.0 Å². The van der Waals surface area contributed by atoms with Gasteiger partial charge in [-0.25, -0.2) is 13.2 Å². The Kier molecular flexibility index (Phi) is 3.61. The number of anilines is 1. The Morgan fingerprint density at radius 1 is 1.45 bits per heavy atom. The monoisotopic (exact) mass is 297 g/mol. The number of aromatic nitrogens is 2. The number of rotatable bonds is 5. The molecule has 1 aromatic heterocycles. The van der Waals surface area contributed by atoms with Gasteiger partial charge >= 0.3 is 5.97 Å². The summed E-state index contributed by atoms with van der Waals surface area (Å²) in [4.78, 5) is 10.7. The van der Waals surface area contributed by atoms with Crippen molar-refractivity contribution in [2.24, 2.45) is 0 Å². The van der Waals surface area contributed by atoms with Gasteiger partial charge < -0.3 is 9.84 Å². The van der Waals surface area contributed by atoms with E-state index in [1.54, 1.807) is 0 Å². The maximum Gasteiger partial charge on any atom is 0.335 e. The highest BCUT2D eigenvalue weighted by atomic mass is 32.2. The predicted molar refractivity (Wildman–Crippen MR) is 69.3 cm³/mol. The minimum absolute atomic E-state index is 0.0472. The van der Waals surface area contributed by atoms with E-state index in [4.69, 9.17) is 9.84 Å². The van der Waals surface area contributed by atoms with E-state index < -0.39 is 16.0 Å². The number of carboxylic acid groups (broad SMARTS) is 1. The maximum atomic E-state index is 12.2. The van der Waals surface area contributed by atoms with Crippen LogP contribution in [0.15, 0.2) is 35.5 Å². The molecule has 0 aliphatic heterocycles. The van der Waals surface area contributed by atoms with E-state index in [1.807, 2.05) is 0 Å². The van der Waals surface area contributed by atoms with E-state index in [0.717, 1.165) is 6.07 Å². The number of aromatic carboxylic acids is 1. The molecule has 1 heterocycles. The maximum absolute atomic E-state index is 12.2. The molecule has 0 aliphatic carbocycles. The lowest BCUT2D eigenvalue weighted by Gasteiger charge is -2.11. The fourth-order valence-electron chi connectivity index (χ4n) is 1.54. The highest BCUT2D eigenvalue weighted by molar-refractivity contribution is 7.92. The zero-order valence-electron chi connectivity index (χ0n) is 10.3. The number of hydrogen-bond acceptors (Lipinski definition) is 5. The zero-order valence-corrected chi connectivity index (χ0v) is 11.1. The summed E-state index contributed by atoms with van der Waals surface area (Å²) in [5.41, 5.74) is 0.0751. The molecule has 0 unspecified atom stereocenters. The van der Waals surface area contributed by atoms with Crippen LogP contribution in [0.1, 0.15) is 10.4 Å². The molecule has 8 nitrogen and oxygen atoms in total. The van der Waals surface area contributed by atoms with Crippen LogP contribution in [0.2, 0.25) is 0 Å². The lowest BCUT2D eigenvalue weighted by atomic mass is 10.2. The summed E-state index contributed by atoms with van der Waals surface area (Å²) in [6, 6.07) is 3.58. The molecule has 2 aromatic rings. The van der Waals surface area contributed by atoms with Crippen LogP contribution in [0.5, 0.6) is 5.75 Å². The number of nitrogens with one attached hydrogen (secondary N) is 2. The smallest absolute Gasteiger partial charge is 0.335 e. The lowest BCUT2D eigenvalue weighted by molar-refractivity contribution is 0.0696. The Labute approximate surface area is 114 Å².